The molecule has 5 heteroatoms. The van der Waals surface area contributed by atoms with E-state index in [-0.39, 0.29) is 6.61 Å². The number of hydrogen-bond acceptors (Lipinski definition) is 4. The minimum atomic E-state index is -0.474. The van der Waals surface area contributed by atoms with Gasteiger partial charge in [-0.1, -0.05) is 18.2 Å². The number of nitrogens with one attached hydrogen (secondary N) is 1. The van der Waals surface area contributed by atoms with Crippen molar-refractivity contribution < 1.29 is 19.4 Å². The fourth-order valence-corrected chi connectivity index (χ4v) is 1.16. The number of para-hydroxylation sites is 1. The van der Waals surface area contributed by atoms with Crippen LogP contribution in [-0.2, 0) is 4.74 Å². The molecule has 0 bridgehead atoms. The first kappa shape index (κ1) is 13.5. The molecule has 0 saturated carbocycles. The fourth-order valence-electron chi connectivity index (χ4n) is 1.16. The number of rotatable bonds is 7. The summed E-state index contributed by atoms with van der Waals surface area (Å²) in [5, 5.41) is 11.1. The zero-order valence-electron chi connectivity index (χ0n) is 9.59. The van der Waals surface area contributed by atoms with Gasteiger partial charge < -0.3 is 19.9 Å². The van der Waals surface area contributed by atoms with Gasteiger partial charge in [0.25, 0.3) is 0 Å². The van der Waals surface area contributed by atoms with Gasteiger partial charge in [0.05, 0.1) is 13.2 Å². The van der Waals surface area contributed by atoms with Crippen LogP contribution in [0.25, 0.3) is 0 Å². The van der Waals surface area contributed by atoms with Crippen molar-refractivity contribution in [1.29, 1.82) is 0 Å². The molecular formula is C12H17NO4. The van der Waals surface area contributed by atoms with E-state index in [1.165, 1.54) is 0 Å². The van der Waals surface area contributed by atoms with Crippen LogP contribution >= 0.6 is 0 Å². The van der Waals surface area contributed by atoms with E-state index in [1.807, 2.05) is 6.07 Å². The van der Waals surface area contributed by atoms with Crippen LogP contribution in [0.3, 0.4) is 0 Å². The molecule has 0 heterocycles. The Morgan fingerprint density at radius 1 is 1.24 bits per heavy atom. The Labute approximate surface area is 100 Å². The maximum atomic E-state index is 11.3. The summed E-state index contributed by atoms with van der Waals surface area (Å²) in [6.45, 7) is 1.33. The van der Waals surface area contributed by atoms with Gasteiger partial charge >= 0.3 is 6.09 Å². The summed E-state index contributed by atoms with van der Waals surface area (Å²) in [5.74, 6) is 0.515. The molecule has 0 unspecified atom stereocenters. The van der Waals surface area contributed by atoms with Crippen molar-refractivity contribution in [3.05, 3.63) is 30.3 Å². The summed E-state index contributed by atoms with van der Waals surface area (Å²) in [4.78, 5) is 11.3. The Kier molecular flexibility index (Phi) is 6.78. The third kappa shape index (κ3) is 6.55. The Balaban J connectivity index is 2.06. The smallest absolute Gasteiger partial charge is 0.410 e. The molecule has 0 fully saturated rings. The Bertz CT molecular complexity index is 316. The standard InChI is InChI=1S/C12H17NO4/c14-8-10-16-9-4-7-13-12(15)17-11-5-2-1-3-6-11/h1-3,5-6,14H,4,7-10H2,(H,13,15). The summed E-state index contributed by atoms with van der Waals surface area (Å²) in [7, 11) is 0. The molecule has 17 heavy (non-hydrogen) atoms. The van der Waals surface area contributed by atoms with Crippen molar-refractivity contribution >= 4 is 6.09 Å². The Morgan fingerprint density at radius 2 is 2.00 bits per heavy atom. The van der Waals surface area contributed by atoms with Crippen molar-refractivity contribution in [3.63, 3.8) is 0 Å². The summed E-state index contributed by atoms with van der Waals surface area (Å²) in [5.41, 5.74) is 0. The molecule has 0 saturated heterocycles. The number of amides is 1. The molecule has 0 aliphatic rings. The Hall–Kier alpha value is -1.59. The van der Waals surface area contributed by atoms with Crippen LogP contribution in [0.2, 0.25) is 0 Å². The van der Waals surface area contributed by atoms with Crippen LogP contribution in [0.15, 0.2) is 30.3 Å². The molecule has 0 atom stereocenters. The van der Waals surface area contributed by atoms with Gasteiger partial charge in [-0.05, 0) is 18.6 Å². The molecule has 1 aromatic carbocycles. The quantitative estimate of drug-likeness (QED) is 0.701. The van der Waals surface area contributed by atoms with Crippen molar-refractivity contribution in [3.8, 4) is 5.75 Å². The van der Waals surface area contributed by atoms with E-state index in [1.54, 1.807) is 24.3 Å². The molecule has 0 spiro atoms. The molecule has 0 aliphatic carbocycles. The minimum absolute atomic E-state index is 0.0173. The first-order valence-corrected chi connectivity index (χ1v) is 5.52. The van der Waals surface area contributed by atoms with Crippen LogP contribution in [0.5, 0.6) is 5.75 Å². The van der Waals surface area contributed by atoms with Gasteiger partial charge in [0.15, 0.2) is 0 Å². The van der Waals surface area contributed by atoms with E-state index in [0.717, 1.165) is 0 Å². The molecule has 1 aromatic rings. The van der Waals surface area contributed by atoms with E-state index in [9.17, 15) is 4.79 Å². The fraction of sp³-hybridized carbons (Fsp3) is 0.417. The molecule has 0 aliphatic heterocycles. The number of carbonyl (C=O) groups is 1. The van der Waals surface area contributed by atoms with Gasteiger partial charge in [0.2, 0.25) is 0 Å². The number of aliphatic hydroxyl groups is 1. The predicted molar refractivity (Wildman–Crippen MR) is 63.0 cm³/mol. The zero-order valence-corrected chi connectivity index (χ0v) is 9.59. The van der Waals surface area contributed by atoms with E-state index in [2.05, 4.69) is 5.32 Å². The lowest BCUT2D eigenvalue weighted by molar-refractivity contribution is 0.0906. The zero-order chi connectivity index (χ0) is 12.3. The maximum Gasteiger partial charge on any atom is 0.412 e. The summed E-state index contributed by atoms with van der Waals surface area (Å²) in [6.07, 6.45) is 0.211. The molecule has 1 amide bonds. The normalized spacial score (nSPS) is 9.94. The van der Waals surface area contributed by atoms with Crippen LogP contribution in [0.4, 0.5) is 4.79 Å². The Morgan fingerprint density at radius 3 is 2.71 bits per heavy atom. The molecule has 0 radical (unpaired) electrons. The summed E-state index contributed by atoms with van der Waals surface area (Å²) < 4.78 is 10.1. The SMILES string of the molecule is O=C(NCCCOCCO)Oc1ccccc1. The van der Waals surface area contributed by atoms with Crippen LogP contribution < -0.4 is 10.1 Å². The highest BCUT2D eigenvalue weighted by Crippen LogP contribution is 2.07. The van der Waals surface area contributed by atoms with E-state index < -0.39 is 6.09 Å². The molecule has 1 rings (SSSR count). The van der Waals surface area contributed by atoms with Gasteiger partial charge in [0.1, 0.15) is 5.75 Å². The first-order chi connectivity index (χ1) is 8.33. The molecular weight excluding hydrogens is 222 g/mol. The number of carbonyl (C=O) groups excluding carboxylic acids is 1. The number of benzene rings is 1. The maximum absolute atomic E-state index is 11.3. The summed E-state index contributed by atoms with van der Waals surface area (Å²) in [6, 6.07) is 8.87. The molecule has 0 aromatic heterocycles. The first-order valence-electron chi connectivity index (χ1n) is 5.52. The lowest BCUT2D eigenvalue weighted by Gasteiger charge is -2.06. The average molecular weight is 239 g/mol. The largest absolute Gasteiger partial charge is 0.412 e. The van der Waals surface area contributed by atoms with Crippen molar-refractivity contribution in [2.75, 3.05) is 26.4 Å². The second-order valence-corrected chi connectivity index (χ2v) is 3.32. The van der Waals surface area contributed by atoms with Gasteiger partial charge in [0, 0.05) is 13.2 Å². The van der Waals surface area contributed by atoms with E-state index in [0.29, 0.717) is 31.9 Å². The van der Waals surface area contributed by atoms with Crippen molar-refractivity contribution in [1.82, 2.24) is 5.32 Å². The highest BCUT2D eigenvalue weighted by molar-refractivity contribution is 5.70. The van der Waals surface area contributed by atoms with Gasteiger partial charge in [-0.2, -0.15) is 0 Å². The highest BCUT2D eigenvalue weighted by Gasteiger charge is 2.01. The average Bonchev–Trinajstić information content (AvgIpc) is 2.35. The highest BCUT2D eigenvalue weighted by atomic mass is 16.6. The van der Waals surface area contributed by atoms with Gasteiger partial charge in [-0.25, -0.2) is 4.79 Å². The molecule has 5 nitrogen and oxygen atoms in total. The molecule has 94 valence electrons. The third-order valence-corrected chi connectivity index (χ3v) is 1.92. The van der Waals surface area contributed by atoms with Crippen LogP contribution in [-0.4, -0.2) is 37.6 Å². The third-order valence-electron chi connectivity index (χ3n) is 1.92. The van der Waals surface area contributed by atoms with Crippen LogP contribution in [0.1, 0.15) is 6.42 Å². The van der Waals surface area contributed by atoms with Gasteiger partial charge in [-0.3, -0.25) is 0 Å². The second-order valence-electron chi connectivity index (χ2n) is 3.32. The topological polar surface area (TPSA) is 67.8 Å². The van der Waals surface area contributed by atoms with E-state index >= 15 is 0 Å². The number of aliphatic hydroxyl groups excluding tert-OH is 1. The van der Waals surface area contributed by atoms with Crippen LogP contribution in [0, 0.1) is 0 Å². The molecule has 2 N–H and O–H groups in total. The monoisotopic (exact) mass is 239 g/mol. The van der Waals surface area contributed by atoms with Crippen molar-refractivity contribution in [2.24, 2.45) is 0 Å². The number of hydrogen-bond donors (Lipinski definition) is 2. The second kappa shape index (κ2) is 8.55. The predicted octanol–water partition coefficient (Wildman–Crippen LogP) is 1.17. The number of ether oxygens (including phenoxy) is 2. The summed E-state index contributed by atoms with van der Waals surface area (Å²) >= 11 is 0. The van der Waals surface area contributed by atoms with Gasteiger partial charge in [-0.15, -0.1) is 0 Å². The minimum Gasteiger partial charge on any atom is -0.410 e. The van der Waals surface area contributed by atoms with E-state index in [4.69, 9.17) is 14.6 Å². The van der Waals surface area contributed by atoms with Crippen molar-refractivity contribution in [2.45, 2.75) is 6.42 Å². The lowest BCUT2D eigenvalue weighted by Crippen LogP contribution is -2.28. The lowest BCUT2D eigenvalue weighted by atomic mass is 10.3.